The summed E-state index contributed by atoms with van der Waals surface area (Å²) >= 11 is 1.63. The Morgan fingerprint density at radius 3 is 3.07 bits per heavy atom. The number of fused-ring (bicyclic) bond motifs is 3. The van der Waals surface area contributed by atoms with Gasteiger partial charge >= 0.3 is 5.97 Å². The van der Waals surface area contributed by atoms with Gasteiger partial charge in [0.1, 0.15) is 23.4 Å². The van der Waals surface area contributed by atoms with Crippen LogP contribution < -0.4 is 5.56 Å². The summed E-state index contributed by atoms with van der Waals surface area (Å²) in [6.07, 6.45) is 5.02. The minimum atomic E-state index is -0.822. The minimum Gasteiger partial charge on any atom is -0.463 e. The van der Waals surface area contributed by atoms with E-state index in [1.165, 1.54) is 10.4 Å². The Hall–Kier alpha value is -2.03. The number of carbonyl (C=O) groups is 1. The molecule has 3 rings (SSSR count). The summed E-state index contributed by atoms with van der Waals surface area (Å²) in [5.41, 5.74) is 1.08. The zero-order valence-electron chi connectivity index (χ0n) is 17.8. The van der Waals surface area contributed by atoms with Crippen molar-refractivity contribution in [1.29, 1.82) is 0 Å². The summed E-state index contributed by atoms with van der Waals surface area (Å²) in [5, 5.41) is 11.0. The van der Waals surface area contributed by atoms with E-state index in [0.29, 0.717) is 37.7 Å². The maximum absolute atomic E-state index is 12.8. The number of ether oxygens (including phenoxy) is 1. The number of rotatable bonds is 10. The molecule has 2 aromatic heterocycles. The van der Waals surface area contributed by atoms with Gasteiger partial charge in [0, 0.05) is 24.4 Å². The third-order valence-electron chi connectivity index (χ3n) is 5.33. The largest absolute Gasteiger partial charge is 0.463 e. The lowest BCUT2D eigenvalue weighted by molar-refractivity contribution is -0.147. The van der Waals surface area contributed by atoms with E-state index in [0.717, 1.165) is 29.5 Å². The van der Waals surface area contributed by atoms with Gasteiger partial charge in [0.25, 0.3) is 5.56 Å². The van der Waals surface area contributed by atoms with E-state index >= 15 is 0 Å². The Kier molecular flexibility index (Phi) is 7.80. The summed E-state index contributed by atoms with van der Waals surface area (Å²) in [7, 11) is 0. The molecule has 2 heterocycles. The summed E-state index contributed by atoms with van der Waals surface area (Å²) in [5.74, 6) is 0.899. The number of aromatic nitrogens is 2. The molecule has 1 aliphatic rings. The van der Waals surface area contributed by atoms with Gasteiger partial charge in [0.2, 0.25) is 0 Å². The van der Waals surface area contributed by atoms with Crippen molar-refractivity contribution in [2.24, 2.45) is 5.92 Å². The first-order valence-corrected chi connectivity index (χ1v) is 11.4. The molecule has 0 spiro atoms. The molecule has 1 aliphatic carbocycles. The molecular weight excluding hydrogens is 402 g/mol. The number of hydrogen-bond donors (Lipinski definition) is 2. The van der Waals surface area contributed by atoms with Crippen LogP contribution >= 0.6 is 11.3 Å². The fourth-order valence-corrected chi connectivity index (χ4v) is 5.28. The highest BCUT2D eigenvalue weighted by Gasteiger charge is 2.23. The summed E-state index contributed by atoms with van der Waals surface area (Å²) < 4.78 is 5.09. The lowest BCUT2D eigenvalue weighted by atomic mass is 9.89. The number of hydrogen-bond acceptors (Lipinski definition) is 7. The van der Waals surface area contributed by atoms with Crippen LogP contribution in [0, 0.1) is 5.92 Å². The maximum Gasteiger partial charge on any atom is 0.305 e. The van der Waals surface area contributed by atoms with E-state index in [9.17, 15) is 14.7 Å². The highest BCUT2D eigenvalue weighted by molar-refractivity contribution is 7.18. The number of aryl methyl sites for hydroxylation is 1. The molecule has 0 saturated carbocycles. The molecule has 0 fully saturated rings. The fourth-order valence-electron chi connectivity index (χ4n) is 3.88. The van der Waals surface area contributed by atoms with Crippen LogP contribution in [0.4, 0.5) is 0 Å². The van der Waals surface area contributed by atoms with Crippen molar-refractivity contribution in [3.05, 3.63) is 39.3 Å². The summed E-state index contributed by atoms with van der Waals surface area (Å²) in [4.78, 5) is 35.9. The first-order chi connectivity index (χ1) is 14.4. The molecule has 0 aromatic carbocycles. The van der Waals surface area contributed by atoms with Crippen LogP contribution in [0.3, 0.4) is 0 Å². The molecule has 0 aliphatic heterocycles. The van der Waals surface area contributed by atoms with Gasteiger partial charge in [-0.2, -0.15) is 0 Å². The second-order valence-electron chi connectivity index (χ2n) is 8.11. The monoisotopic (exact) mass is 433 g/mol. The average molecular weight is 434 g/mol. The molecule has 7 nitrogen and oxygen atoms in total. The van der Waals surface area contributed by atoms with Crippen LogP contribution in [0.5, 0.6) is 0 Å². The molecule has 0 radical (unpaired) electrons. The number of aromatic amines is 1. The molecule has 0 bridgehead atoms. The number of thiophene rings is 1. The topological polar surface area (TPSA) is 95.5 Å². The number of aliphatic hydroxyl groups excluding tert-OH is 1. The number of H-pyrrole nitrogens is 1. The van der Waals surface area contributed by atoms with Crippen molar-refractivity contribution in [3.8, 4) is 0 Å². The van der Waals surface area contributed by atoms with Crippen molar-refractivity contribution in [2.45, 2.75) is 58.6 Å². The normalized spacial score (nSPS) is 17.1. The zero-order chi connectivity index (χ0) is 21.7. The lowest BCUT2D eigenvalue weighted by Gasteiger charge is -2.23. The number of esters is 1. The van der Waals surface area contributed by atoms with Crippen molar-refractivity contribution in [1.82, 2.24) is 14.9 Å². The molecule has 164 valence electrons. The van der Waals surface area contributed by atoms with Gasteiger partial charge in [-0.1, -0.05) is 19.9 Å². The van der Waals surface area contributed by atoms with Crippen LogP contribution in [-0.4, -0.2) is 51.7 Å². The quantitative estimate of drug-likeness (QED) is 0.442. The smallest absolute Gasteiger partial charge is 0.305 e. The molecule has 2 N–H and O–H groups in total. The molecular formula is C22H31N3O4S. The SMILES string of the molecule is C=CCN(Cc1nc2sc3c(c2c(=O)[nH]1)CCC(C)C3)CC(O)COC(=O)CCC. The van der Waals surface area contributed by atoms with Gasteiger partial charge in [-0.15, -0.1) is 17.9 Å². The second kappa shape index (κ2) is 10.3. The van der Waals surface area contributed by atoms with Crippen molar-refractivity contribution in [3.63, 3.8) is 0 Å². The second-order valence-corrected chi connectivity index (χ2v) is 9.20. The molecule has 2 aromatic rings. The van der Waals surface area contributed by atoms with E-state index in [1.54, 1.807) is 17.4 Å². The Bertz CT molecular complexity index is 952. The Morgan fingerprint density at radius 2 is 2.33 bits per heavy atom. The van der Waals surface area contributed by atoms with Gasteiger partial charge in [0.15, 0.2) is 0 Å². The summed E-state index contributed by atoms with van der Waals surface area (Å²) in [6.45, 7) is 9.03. The molecule has 8 heteroatoms. The lowest BCUT2D eigenvalue weighted by Crippen LogP contribution is -2.36. The maximum atomic E-state index is 12.8. The molecule has 0 saturated heterocycles. The van der Waals surface area contributed by atoms with Crippen LogP contribution in [0.25, 0.3) is 10.2 Å². The van der Waals surface area contributed by atoms with Crippen LogP contribution in [0.2, 0.25) is 0 Å². The molecule has 0 amide bonds. The first kappa shape index (κ1) is 22.7. The van der Waals surface area contributed by atoms with Gasteiger partial charge in [-0.05, 0) is 37.2 Å². The summed E-state index contributed by atoms with van der Waals surface area (Å²) in [6, 6.07) is 0. The predicted octanol–water partition coefficient (Wildman–Crippen LogP) is 2.80. The highest BCUT2D eigenvalue weighted by atomic mass is 32.1. The molecule has 30 heavy (non-hydrogen) atoms. The van der Waals surface area contributed by atoms with Gasteiger partial charge in [-0.3, -0.25) is 14.5 Å². The minimum absolute atomic E-state index is 0.0503. The number of aliphatic hydroxyl groups is 1. The Morgan fingerprint density at radius 1 is 1.53 bits per heavy atom. The zero-order valence-corrected chi connectivity index (χ0v) is 18.6. The van der Waals surface area contributed by atoms with E-state index in [1.807, 2.05) is 11.8 Å². The van der Waals surface area contributed by atoms with Gasteiger partial charge < -0.3 is 14.8 Å². The standard InChI is InChI=1S/C22H31N3O4S/c1-4-6-19(27)29-13-15(26)11-25(9-5-2)12-18-23-21(28)20-16-8-7-14(3)10-17(16)30-22(20)24-18/h5,14-15,26H,2,4,6-13H2,1,3H3,(H,23,24,28). The Balaban J connectivity index is 1.71. The van der Waals surface area contributed by atoms with Crippen LogP contribution in [-0.2, 0) is 28.9 Å². The van der Waals surface area contributed by atoms with Gasteiger partial charge in [-0.25, -0.2) is 4.98 Å². The van der Waals surface area contributed by atoms with Crippen LogP contribution in [0.15, 0.2) is 17.4 Å². The van der Waals surface area contributed by atoms with E-state index in [4.69, 9.17) is 9.72 Å². The van der Waals surface area contributed by atoms with Crippen molar-refractivity contribution >= 4 is 27.5 Å². The highest BCUT2D eigenvalue weighted by Crippen LogP contribution is 2.35. The van der Waals surface area contributed by atoms with E-state index in [2.05, 4.69) is 18.5 Å². The van der Waals surface area contributed by atoms with Crippen molar-refractivity contribution in [2.75, 3.05) is 19.7 Å². The fraction of sp³-hybridized carbons (Fsp3) is 0.591. The third kappa shape index (κ3) is 5.56. The van der Waals surface area contributed by atoms with E-state index in [-0.39, 0.29) is 24.7 Å². The molecule has 2 unspecified atom stereocenters. The van der Waals surface area contributed by atoms with E-state index < -0.39 is 6.10 Å². The number of nitrogens with zero attached hydrogens (tertiary/aromatic N) is 2. The number of nitrogens with one attached hydrogen (secondary N) is 1. The van der Waals surface area contributed by atoms with Crippen LogP contribution in [0.1, 0.15) is 49.4 Å². The average Bonchev–Trinajstić information content (AvgIpc) is 3.04. The predicted molar refractivity (Wildman–Crippen MR) is 119 cm³/mol. The number of carbonyl (C=O) groups excluding carboxylic acids is 1. The van der Waals surface area contributed by atoms with Gasteiger partial charge in [0.05, 0.1) is 11.9 Å². The first-order valence-electron chi connectivity index (χ1n) is 10.6. The molecule has 2 atom stereocenters. The Labute approximate surface area is 180 Å². The third-order valence-corrected chi connectivity index (χ3v) is 6.48. The van der Waals surface area contributed by atoms with Crippen molar-refractivity contribution < 1.29 is 14.6 Å².